The minimum Gasteiger partial charge on any atom is -0.497 e. The number of ether oxygens (including phenoxy) is 1. The van der Waals surface area contributed by atoms with Gasteiger partial charge in [0.25, 0.3) is 0 Å². The molecule has 0 unspecified atom stereocenters. The highest BCUT2D eigenvalue weighted by atomic mass is 16.5. The first-order valence-corrected chi connectivity index (χ1v) is 9.44. The molecule has 0 aliphatic rings. The van der Waals surface area contributed by atoms with Crippen molar-refractivity contribution in [2.45, 2.75) is 0 Å². The van der Waals surface area contributed by atoms with E-state index in [1.165, 1.54) is 0 Å². The van der Waals surface area contributed by atoms with Crippen molar-refractivity contribution in [1.82, 2.24) is 0 Å². The summed E-state index contributed by atoms with van der Waals surface area (Å²) < 4.78 is 11.1. The number of hydrogen-bond acceptors (Lipinski definition) is 3. The van der Waals surface area contributed by atoms with Gasteiger partial charge in [0.15, 0.2) is 0 Å². The Labute approximate surface area is 167 Å². The van der Waals surface area contributed by atoms with Crippen molar-refractivity contribution in [1.29, 1.82) is 0 Å². The third-order valence-electron chi connectivity index (χ3n) is 5.24. The smallest absolute Gasteiger partial charge is 0.344 e. The van der Waals surface area contributed by atoms with E-state index < -0.39 is 0 Å². The number of hydrogen-bond donors (Lipinski definition) is 0. The largest absolute Gasteiger partial charge is 0.497 e. The van der Waals surface area contributed by atoms with Crippen LogP contribution in [0.2, 0.25) is 0 Å². The van der Waals surface area contributed by atoms with Crippen LogP contribution in [0.4, 0.5) is 0 Å². The minimum atomic E-state index is -0.343. The molecule has 29 heavy (non-hydrogen) atoms. The molecule has 140 valence electrons. The molecular formula is C26H18O3. The van der Waals surface area contributed by atoms with Crippen LogP contribution in [-0.2, 0) is 0 Å². The molecule has 1 aromatic heterocycles. The first-order valence-electron chi connectivity index (χ1n) is 9.44. The summed E-state index contributed by atoms with van der Waals surface area (Å²) in [6.07, 6.45) is 0. The van der Waals surface area contributed by atoms with Crippen LogP contribution < -0.4 is 10.4 Å². The molecule has 0 aliphatic heterocycles. The van der Waals surface area contributed by atoms with E-state index in [0.29, 0.717) is 11.1 Å². The van der Waals surface area contributed by atoms with Gasteiger partial charge in [-0.3, -0.25) is 0 Å². The summed E-state index contributed by atoms with van der Waals surface area (Å²) in [5.41, 5.74) is 3.46. The second-order valence-electron chi connectivity index (χ2n) is 6.89. The molecule has 0 aliphatic carbocycles. The van der Waals surface area contributed by atoms with Crippen LogP contribution in [0.25, 0.3) is 44.0 Å². The van der Waals surface area contributed by atoms with E-state index in [2.05, 4.69) is 12.1 Å². The van der Waals surface area contributed by atoms with Gasteiger partial charge in [0.1, 0.15) is 11.3 Å². The third kappa shape index (κ3) is 2.88. The normalized spacial score (nSPS) is 11.1. The Bertz CT molecular complexity index is 1380. The fourth-order valence-electron chi connectivity index (χ4n) is 3.89. The highest BCUT2D eigenvalue weighted by Crippen LogP contribution is 2.39. The van der Waals surface area contributed by atoms with Crippen molar-refractivity contribution in [2.75, 3.05) is 7.11 Å². The molecule has 0 radical (unpaired) electrons. The van der Waals surface area contributed by atoms with Gasteiger partial charge in [0.05, 0.1) is 12.7 Å². The quantitative estimate of drug-likeness (QED) is 0.274. The van der Waals surface area contributed by atoms with Crippen LogP contribution >= 0.6 is 0 Å². The van der Waals surface area contributed by atoms with E-state index in [9.17, 15) is 4.79 Å². The van der Waals surface area contributed by atoms with Gasteiger partial charge in [-0.2, -0.15) is 0 Å². The van der Waals surface area contributed by atoms with Crippen LogP contribution in [0.5, 0.6) is 5.75 Å². The van der Waals surface area contributed by atoms with E-state index in [1.807, 2.05) is 78.9 Å². The molecule has 3 nitrogen and oxygen atoms in total. The molecule has 0 saturated heterocycles. The highest BCUT2D eigenvalue weighted by molar-refractivity contribution is 6.15. The predicted octanol–water partition coefficient (Wildman–Crippen LogP) is 6.29. The van der Waals surface area contributed by atoms with Crippen LogP contribution in [0.15, 0.2) is 100 Å². The topological polar surface area (TPSA) is 39.4 Å². The first-order chi connectivity index (χ1) is 14.3. The number of rotatable bonds is 3. The van der Waals surface area contributed by atoms with Crippen molar-refractivity contribution in [3.63, 3.8) is 0 Å². The third-order valence-corrected chi connectivity index (χ3v) is 5.24. The maximum Gasteiger partial charge on any atom is 0.344 e. The van der Waals surface area contributed by atoms with Crippen molar-refractivity contribution < 1.29 is 9.15 Å². The fourth-order valence-corrected chi connectivity index (χ4v) is 3.89. The van der Waals surface area contributed by atoms with Gasteiger partial charge < -0.3 is 9.15 Å². The summed E-state index contributed by atoms with van der Waals surface area (Å²) in [6, 6.07) is 29.5. The van der Waals surface area contributed by atoms with E-state index >= 15 is 0 Å². The average molecular weight is 378 g/mol. The second-order valence-corrected chi connectivity index (χ2v) is 6.89. The van der Waals surface area contributed by atoms with Gasteiger partial charge in [-0.25, -0.2) is 4.79 Å². The standard InChI is InChI=1S/C26H18O3/c1-28-20-14-11-19(12-15-20)23-24(18-8-3-2-4-9-18)26(27)29-22-16-13-17-7-5-6-10-21(17)25(22)23/h2-16H,1H3. The summed E-state index contributed by atoms with van der Waals surface area (Å²) in [7, 11) is 1.64. The zero-order valence-electron chi connectivity index (χ0n) is 15.9. The zero-order chi connectivity index (χ0) is 19.8. The van der Waals surface area contributed by atoms with E-state index in [4.69, 9.17) is 9.15 Å². The van der Waals surface area contributed by atoms with Crippen molar-refractivity contribution in [3.8, 4) is 28.0 Å². The Balaban J connectivity index is 1.99. The average Bonchev–Trinajstić information content (AvgIpc) is 2.78. The lowest BCUT2D eigenvalue weighted by molar-refractivity contribution is 0.415. The molecule has 0 bridgehead atoms. The van der Waals surface area contributed by atoms with Crippen LogP contribution in [0.3, 0.4) is 0 Å². The lowest BCUT2D eigenvalue weighted by atomic mass is 9.90. The molecule has 5 aromatic rings. The van der Waals surface area contributed by atoms with E-state index in [0.717, 1.165) is 38.6 Å². The molecule has 1 heterocycles. The molecular weight excluding hydrogens is 360 g/mol. The summed E-state index contributed by atoms with van der Waals surface area (Å²) in [5.74, 6) is 0.771. The van der Waals surface area contributed by atoms with Crippen LogP contribution in [0.1, 0.15) is 0 Å². The highest BCUT2D eigenvalue weighted by Gasteiger charge is 2.19. The first kappa shape index (κ1) is 17.3. The van der Waals surface area contributed by atoms with Crippen LogP contribution in [-0.4, -0.2) is 7.11 Å². The molecule has 0 fully saturated rings. The molecule has 5 rings (SSSR count). The molecule has 0 N–H and O–H groups in total. The molecule has 0 amide bonds. The summed E-state index contributed by atoms with van der Waals surface area (Å²) in [6.45, 7) is 0. The van der Waals surface area contributed by atoms with E-state index in [-0.39, 0.29) is 5.63 Å². The summed E-state index contributed by atoms with van der Waals surface area (Å²) in [4.78, 5) is 13.1. The van der Waals surface area contributed by atoms with Gasteiger partial charge in [-0.05, 0) is 40.1 Å². The molecule has 0 spiro atoms. The van der Waals surface area contributed by atoms with Crippen molar-refractivity contribution >= 4 is 21.7 Å². The summed E-state index contributed by atoms with van der Waals surface area (Å²) in [5, 5.41) is 3.09. The lowest BCUT2D eigenvalue weighted by Gasteiger charge is -2.14. The Kier molecular flexibility index (Phi) is 4.14. The number of fused-ring (bicyclic) bond motifs is 3. The molecule has 4 aromatic carbocycles. The Morgan fingerprint density at radius 1 is 0.690 bits per heavy atom. The molecule has 0 saturated carbocycles. The minimum absolute atomic E-state index is 0.343. The number of benzene rings is 4. The molecule has 0 atom stereocenters. The van der Waals surface area contributed by atoms with Gasteiger partial charge in [0, 0.05) is 10.9 Å². The Morgan fingerprint density at radius 2 is 1.38 bits per heavy atom. The maximum absolute atomic E-state index is 13.1. The Morgan fingerprint density at radius 3 is 2.14 bits per heavy atom. The van der Waals surface area contributed by atoms with E-state index in [1.54, 1.807) is 7.11 Å². The lowest BCUT2D eigenvalue weighted by Crippen LogP contribution is -2.06. The van der Waals surface area contributed by atoms with Gasteiger partial charge >= 0.3 is 5.63 Å². The number of methoxy groups -OCH3 is 1. The monoisotopic (exact) mass is 378 g/mol. The van der Waals surface area contributed by atoms with Crippen LogP contribution in [0, 0.1) is 0 Å². The SMILES string of the molecule is COc1ccc(-c2c(-c3ccccc3)c(=O)oc3ccc4ccccc4c23)cc1. The van der Waals surface area contributed by atoms with Crippen molar-refractivity contribution in [3.05, 3.63) is 101 Å². The zero-order valence-corrected chi connectivity index (χ0v) is 15.9. The maximum atomic E-state index is 13.1. The molecule has 3 heteroatoms. The van der Waals surface area contributed by atoms with Gasteiger partial charge in [-0.1, -0.05) is 72.8 Å². The van der Waals surface area contributed by atoms with Crippen molar-refractivity contribution in [2.24, 2.45) is 0 Å². The van der Waals surface area contributed by atoms with Gasteiger partial charge in [0.2, 0.25) is 0 Å². The summed E-state index contributed by atoms with van der Waals surface area (Å²) >= 11 is 0. The van der Waals surface area contributed by atoms with Gasteiger partial charge in [-0.15, -0.1) is 0 Å². The second kappa shape index (κ2) is 6.95. The fraction of sp³-hybridized carbons (Fsp3) is 0.0385. The predicted molar refractivity (Wildman–Crippen MR) is 117 cm³/mol. The Hall–Kier alpha value is -3.85.